The highest BCUT2D eigenvalue weighted by Crippen LogP contribution is 2.21. The number of amides is 1. The number of rotatable bonds is 3. The molecule has 0 radical (unpaired) electrons. The van der Waals surface area contributed by atoms with Crippen LogP contribution >= 0.6 is 0 Å². The second kappa shape index (κ2) is 5.77. The molecule has 2 fully saturated rings. The monoisotopic (exact) mass is 244 g/mol. The highest BCUT2D eigenvalue weighted by molar-refractivity contribution is 5.81. The van der Waals surface area contributed by atoms with Gasteiger partial charge in [0.2, 0.25) is 0 Å². The Hall–Kier alpha value is -0.690. The van der Waals surface area contributed by atoms with Gasteiger partial charge < -0.3 is 25.2 Å². The fourth-order valence-corrected chi connectivity index (χ4v) is 2.29. The molecule has 0 aliphatic carbocycles. The lowest BCUT2D eigenvalue weighted by molar-refractivity contribution is -0.151. The summed E-state index contributed by atoms with van der Waals surface area (Å²) in [7, 11) is 0. The standard InChI is InChI=1S/C11H20N2O4/c12-5-8-1-2-10(17-8)11(15)13-3-4-16-9(6-13)7-14/h8-10,14H,1-7,12H2. The first-order valence-corrected chi connectivity index (χ1v) is 6.11. The summed E-state index contributed by atoms with van der Waals surface area (Å²) >= 11 is 0. The van der Waals surface area contributed by atoms with E-state index in [4.69, 9.17) is 20.3 Å². The van der Waals surface area contributed by atoms with Gasteiger partial charge in [-0.2, -0.15) is 0 Å². The van der Waals surface area contributed by atoms with Crippen molar-refractivity contribution in [3.05, 3.63) is 0 Å². The van der Waals surface area contributed by atoms with E-state index >= 15 is 0 Å². The molecule has 3 N–H and O–H groups in total. The van der Waals surface area contributed by atoms with Crippen LogP contribution in [0.25, 0.3) is 0 Å². The molecule has 2 aliphatic heterocycles. The summed E-state index contributed by atoms with van der Waals surface area (Å²) in [5.41, 5.74) is 5.52. The Labute approximate surface area is 101 Å². The number of hydrogen-bond acceptors (Lipinski definition) is 5. The molecule has 0 aromatic carbocycles. The number of ether oxygens (including phenoxy) is 2. The third kappa shape index (κ3) is 2.95. The van der Waals surface area contributed by atoms with Gasteiger partial charge in [-0.25, -0.2) is 0 Å². The molecule has 0 saturated carbocycles. The van der Waals surface area contributed by atoms with Crippen LogP contribution in [0.1, 0.15) is 12.8 Å². The lowest BCUT2D eigenvalue weighted by Crippen LogP contribution is -2.50. The Morgan fingerprint density at radius 3 is 2.88 bits per heavy atom. The molecule has 0 aromatic heterocycles. The zero-order chi connectivity index (χ0) is 12.3. The molecule has 2 rings (SSSR count). The maximum atomic E-state index is 12.1. The normalized spacial score (nSPS) is 34.0. The highest BCUT2D eigenvalue weighted by atomic mass is 16.5. The van der Waals surface area contributed by atoms with E-state index in [0.717, 1.165) is 12.8 Å². The van der Waals surface area contributed by atoms with Crippen molar-refractivity contribution >= 4 is 5.91 Å². The fourth-order valence-electron chi connectivity index (χ4n) is 2.29. The molecule has 3 unspecified atom stereocenters. The van der Waals surface area contributed by atoms with Crippen LogP contribution in [0.2, 0.25) is 0 Å². The van der Waals surface area contributed by atoms with Crippen LogP contribution in [0.5, 0.6) is 0 Å². The molecule has 17 heavy (non-hydrogen) atoms. The molecule has 2 saturated heterocycles. The van der Waals surface area contributed by atoms with Crippen LogP contribution < -0.4 is 5.73 Å². The van der Waals surface area contributed by atoms with E-state index in [0.29, 0.717) is 26.2 Å². The Balaban J connectivity index is 1.87. The van der Waals surface area contributed by atoms with Gasteiger partial charge in [0.25, 0.3) is 5.91 Å². The molecule has 3 atom stereocenters. The molecular formula is C11H20N2O4. The third-order valence-corrected chi connectivity index (χ3v) is 3.30. The van der Waals surface area contributed by atoms with E-state index in [-0.39, 0.29) is 30.8 Å². The minimum atomic E-state index is -0.360. The van der Waals surface area contributed by atoms with Gasteiger partial charge in [0.05, 0.1) is 25.4 Å². The van der Waals surface area contributed by atoms with Crippen molar-refractivity contribution in [2.75, 3.05) is 32.8 Å². The van der Waals surface area contributed by atoms with E-state index in [2.05, 4.69) is 0 Å². The van der Waals surface area contributed by atoms with E-state index in [1.165, 1.54) is 0 Å². The average Bonchev–Trinajstić information content (AvgIpc) is 2.86. The number of hydrogen-bond donors (Lipinski definition) is 2. The number of aliphatic hydroxyl groups excluding tert-OH is 1. The number of carbonyl (C=O) groups excluding carboxylic acids is 1. The van der Waals surface area contributed by atoms with Crippen molar-refractivity contribution < 1.29 is 19.4 Å². The lowest BCUT2D eigenvalue weighted by Gasteiger charge is -2.33. The predicted octanol–water partition coefficient (Wildman–Crippen LogP) is -1.29. The molecular weight excluding hydrogens is 224 g/mol. The van der Waals surface area contributed by atoms with Crippen molar-refractivity contribution in [3.8, 4) is 0 Å². The van der Waals surface area contributed by atoms with E-state index < -0.39 is 0 Å². The van der Waals surface area contributed by atoms with Gasteiger partial charge >= 0.3 is 0 Å². The smallest absolute Gasteiger partial charge is 0.251 e. The highest BCUT2D eigenvalue weighted by Gasteiger charge is 2.34. The Morgan fingerprint density at radius 2 is 2.24 bits per heavy atom. The summed E-state index contributed by atoms with van der Waals surface area (Å²) in [5.74, 6) is 0.00250. The van der Waals surface area contributed by atoms with E-state index in [1.807, 2.05) is 0 Å². The largest absolute Gasteiger partial charge is 0.394 e. The third-order valence-electron chi connectivity index (χ3n) is 3.30. The first-order chi connectivity index (χ1) is 8.24. The van der Waals surface area contributed by atoms with Gasteiger partial charge in [-0.05, 0) is 12.8 Å². The molecule has 0 aromatic rings. The predicted molar refractivity (Wildman–Crippen MR) is 60.4 cm³/mol. The quantitative estimate of drug-likeness (QED) is 0.645. The van der Waals surface area contributed by atoms with Crippen LogP contribution in [-0.2, 0) is 14.3 Å². The van der Waals surface area contributed by atoms with Gasteiger partial charge in [0.1, 0.15) is 6.10 Å². The molecule has 2 aliphatic rings. The summed E-state index contributed by atoms with van der Waals surface area (Å²) in [6, 6.07) is 0. The molecule has 0 spiro atoms. The zero-order valence-corrected chi connectivity index (χ0v) is 9.88. The fraction of sp³-hybridized carbons (Fsp3) is 0.909. The summed E-state index contributed by atoms with van der Waals surface area (Å²) < 4.78 is 10.9. The van der Waals surface area contributed by atoms with Gasteiger partial charge in [0.15, 0.2) is 0 Å². The summed E-state index contributed by atoms with van der Waals surface area (Å²) in [4.78, 5) is 13.9. The molecule has 0 bridgehead atoms. The second-order valence-electron chi connectivity index (χ2n) is 4.52. The number of carbonyl (C=O) groups is 1. The lowest BCUT2D eigenvalue weighted by atomic mass is 10.1. The van der Waals surface area contributed by atoms with E-state index in [9.17, 15) is 4.79 Å². The molecule has 6 nitrogen and oxygen atoms in total. The number of nitrogens with two attached hydrogens (primary N) is 1. The maximum Gasteiger partial charge on any atom is 0.251 e. The Morgan fingerprint density at radius 1 is 1.41 bits per heavy atom. The van der Waals surface area contributed by atoms with Gasteiger partial charge in [0, 0.05) is 19.6 Å². The SMILES string of the molecule is NCC1CCC(C(=O)N2CCOC(CO)C2)O1. The van der Waals surface area contributed by atoms with Crippen molar-refractivity contribution in [1.82, 2.24) is 4.90 Å². The first-order valence-electron chi connectivity index (χ1n) is 6.11. The maximum absolute atomic E-state index is 12.1. The summed E-state index contributed by atoms with van der Waals surface area (Å²) in [5, 5.41) is 9.03. The topological polar surface area (TPSA) is 85.0 Å². The first kappa shape index (κ1) is 12.8. The van der Waals surface area contributed by atoms with Crippen LogP contribution in [0.15, 0.2) is 0 Å². The van der Waals surface area contributed by atoms with Gasteiger partial charge in [-0.15, -0.1) is 0 Å². The van der Waals surface area contributed by atoms with Crippen LogP contribution in [-0.4, -0.2) is 67.1 Å². The van der Waals surface area contributed by atoms with E-state index in [1.54, 1.807) is 4.90 Å². The van der Waals surface area contributed by atoms with Crippen molar-refractivity contribution in [1.29, 1.82) is 0 Å². The van der Waals surface area contributed by atoms with Crippen LogP contribution in [0.4, 0.5) is 0 Å². The minimum Gasteiger partial charge on any atom is -0.394 e. The Bertz CT molecular complexity index is 274. The van der Waals surface area contributed by atoms with Crippen LogP contribution in [0.3, 0.4) is 0 Å². The molecule has 98 valence electrons. The molecule has 1 amide bonds. The van der Waals surface area contributed by atoms with Crippen molar-refractivity contribution in [3.63, 3.8) is 0 Å². The zero-order valence-electron chi connectivity index (χ0n) is 9.88. The molecule has 2 heterocycles. The van der Waals surface area contributed by atoms with Gasteiger partial charge in [-0.1, -0.05) is 0 Å². The summed E-state index contributed by atoms with van der Waals surface area (Å²) in [6.07, 6.45) is 0.974. The second-order valence-corrected chi connectivity index (χ2v) is 4.52. The number of aliphatic hydroxyl groups is 1. The van der Waals surface area contributed by atoms with Crippen molar-refractivity contribution in [2.45, 2.75) is 31.2 Å². The minimum absolute atomic E-state index is 0.00250. The Kier molecular flexibility index (Phi) is 4.33. The number of morpholine rings is 1. The van der Waals surface area contributed by atoms with Crippen molar-refractivity contribution in [2.24, 2.45) is 5.73 Å². The molecule has 6 heteroatoms. The number of nitrogens with zero attached hydrogens (tertiary/aromatic N) is 1. The summed E-state index contributed by atoms with van der Waals surface area (Å²) in [6.45, 7) is 1.90. The van der Waals surface area contributed by atoms with Gasteiger partial charge in [-0.3, -0.25) is 4.79 Å². The van der Waals surface area contributed by atoms with Crippen LogP contribution in [0, 0.1) is 0 Å². The average molecular weight is 244 g/mol.